The summed E-state index contributed by atoms with van der Waals surface area (Å²) in [6, 6.07) is 9.37. The molecule has 2 nitrogen and oxygen atoms in total. The Balaban J connectivity index is 2.09. The summed E-state index contributed by atoms with van der Waals surface area (Å²) >= 11 is 0. The molecule has 0 unspecified atom stereocenters. The van der Waals surface area contributed by atoms with Crippen LogP contribution in [0.25, 0.3) is 0 Å². The first-order valence-corrected chi connectivity index (χ1v) is 6.53. The highest BCUT2D eigenvalue weighted by Crippen LogP contribution is 2.07. The smallest absolute Gasteiger partial charge is 0.251 e. The summed E-state index contributed by atoms with van der Waals surface area (Å²) in [5.41, 5.74) is 0.745. The van der Waals surface area contributed by atoms with Gasteiger partial charge in [0.15, 0.2) is 0 Å². The van der Waals surface area contributed by atoms with Crippen LogP contribution in [0.15, 0.2) is 30.3 Å². The van der Waals surface area contributed by atoms with Gasteiger partial charge in [-0.2, -0.15) is 0 Å². The molecular weight excluding hydrogens is 210 g/mol. The summed E-state index contributed by atoms with van der Waals surface area (Å²) < 4.78 is 0. The zero-order chi connectivity index (χ0) is 12.5. The van der Waals surface area contributed by atoms with Crippen LogP contribution >= 0.6 is 0 Å². The average Bonchev–Trinajstić information content (AvgIpc) is 2.34. The predicted molar refractivity (Wildman–Crippen MR) is 72.1 cm³/mol. The third-order valence-electron chi connectivity index (χ3n) is 2.78. The van der Waals surface area contributed by atoms with Crippen molar-refractivity contribution in [1.82, 2.24) is 5.32 Å². The average molecular weight is 233 g/mol. The number of amides is 1. The maximum atomic E-state index is 11.7. The highest BCUT2D eigenvalue weighted by atomic mass is 16.1. The summed E-state index contributed by atoms with van der Waals surface area (Å²) in [5, 5.41) is 2.95. The maximum Gasteiger partial charge on any atom is 0.251 e. The number of benzene rings is 1. The molecule has 0 aliphatic heterocycles. The molecule has 0 aliphatic carbocycles. The van der Waals surface area contributed by atoms with Gasteiger partial charge in [0, 0.05) is 12.1 Å². The molecule has 0 aromatic heterocycles. The Kier molecular flexibility index (Phi) is 6.38. The zero-order valence-corrected chi connectivity index (χ0v) is 10.9. The fourth-order valence-electron chi connectivity index (χ4n) is 1.75. The lowest BCUT2D eigenvalue weighted by molar-refractivity contribution is 0.0953. The number of carbonyl (C=O) groups excluding carboxylic acids is 1. The van der Waals surface area contributed by atoms with Gasteiger partial charge in [-0.3, -0.25) is 4.79 Å². The van der Waals surface area contributed by atoms with E-state index >= 15 is 0 Å². The molecule has 1 aromatic carbocycles. The SMILES string of the molecule is CC(C)CCCCCNC(=O)c1ccccc1. The molecule has 1 amide bonds. The van der Waals surface area contributed by atoms with Crippen molar-refractivity contribution in [2.75, 3.05) is 6.54 Å². The third kappa shape index (κ3) is 6.10. The van der Waals surface area contributed by atoms with Crippen molar-refractivity contribution in [3.05, 3.63) is 35.9 Å². The normalized spacial score (nSPS) is 10.5. The van der Waals surface area contributed by atoms with Gasteiger partial charge in [0.2, 0.25) is 0 Å². The second kappa shape index (κ2) is 7.88. The number of rotatable bonds is 7. The molecule has 0 saturated heterocycles. The topological polar surface area (TPSA) is 29.1 Å². The van der Waals surface area contributed by atoms with Gasteiger partial charge in [-0.05, 0) is 24.5 Å². The molecule has 1 rings (SSSR count). The number of nitrogens with one attached hydrogen (secondary N) is 1. The molecule has 0 fully saturated rings. The Morgan fingerprint density at radius 2 is 1.82 bits per heavy atom. The number of hydrogen-bond donors (Lipinski definition) is 1. The molecule has 0 heterocycles. The Labute approximate surface area is 104 Å². The van der Waals surface area contributed by atoms with Crippen molar-refractivity contribution >= 4 is 5.91 Å². The predicted octanol–water partition coefficient (Wildman–Crippen LogP) is 3.63. The number of carbonyl (C=O) groups is 1. The number of hydrogen-bond acceptors (Lipinski definition) is 1. The zero-order valence-electron chi connectivity index (χ0n) is 10.9. The van der Waals surface area contributed by atoms with Crippen LogP contribution in [0, 0.1) is 5.92 Å². The van der Waals surface area contributed by atoms with Crippen molar-refractivity contribution in [2.45, 2.75) is 39.5 Å². The van der Waals surface area contributed by atoms with Crippen LogP contribution in [0.5, 0.6) is 0 Å². The van der Waals surface area contributed by atoms with Crippen molar-refractivity contribution in [3.8, 4) is 0 Å². The monoisotopic (exact) mass is 233 g/mol. The van der Waals surface area contributed by atoms with E-state index in [0.717, 1.165) is 24.4 Å². The van der Waals surface area contributed by atoms with Crippen LogP contribution in [0.2, 0.25) is 0 Å². The van der Waals surface area contributed by atoms with E-state index in [1.165, 1.54) is 19.3 Å². The van der Waals surface area contributed by atoms with Crippen LogP contribution in [0.4, 0.5) is 0 Å². The highest BCUT2D eigenvalue weighted by Gasteiger charge is 2.02. The second-order valence-electron chi connectivity index (χ2n) is 4.87. The lowest BCUT2D eigenvalue weighted by Crippen LogP contribution is -2.24. The van der Waals surface area contributed by atoms with E-state index in [1.54, 1.807) is 0 Å². The van der Waals surface area contributed by atoms with Gasteiger partial charge in [-0.25, -0.2) is 0 Å². The lowest BCUT2D eigenvalue weighted by atomic mass is 10.1. The van der Waals surface area contributed by atoms with E-state index < -0.39 is 0 Å². The summed E-state index contributed by atoms with van der Waals surface area (Å²) in [7, 11) is 0. The number of unbranched alkanes of at least 4 members (excludes halogenated alkanes) is 2. The first-order chi connectivity index (χ1) is 8.20. The Bertz CT molecular complexity index is 319. The summed E-state index contributed by atoms with van der Waals surface area (Å²) in [4.78, 5) is 11.7. The van der Waals surface area contributed by atoms with Crippen molar-refractivity contribution in [3.63, 3.8) is 0 Å². The minimum atomic E-state index is 0.0365. The minimum absolute atomic E-state index is 0.0365. The van der Waals surface area contributed by atoms with Gasteiger partial charge in [-0.15, -0.1) is 0 Å². The highest BCUT2D eigenvalue weighted by molar-refractivity contribution is 5.94. The fourth-order valence-corrected chi connectivity index (χ4v) is 1.75. The molecule has 0 saturated carbocycles. The molecular formula is C15H23NO. The van der Waals surface area contributed by atoms with Crippen LogP contribution in [-0.4, -0.2) is 12.5 Å². The van der Waals surface area contributed by atoms with E-state index in [2.05, 4.69) is 19.2 Å². The van der Waals surface area contributed by atoms with Crippen LogP contribution in [-0.2, 0) is 0 Å². The van der Waals surface area contributed by atoms with Crippen molar-refractivity contribution in [2.24, 2.45) is 5.92 Å². The molecule has 0 spiro atoms. The van der Waals surface area contributed by atoms with Crippen LogP contribution in [0.1, 0.15) is 49.9 Å². The quantitative estimate of drug-likeness (QED) is 0.716. The Morgan fingerprint density at radius 1 is 1.12 bits per heavy atom. The first-order valence-electron chi connectivity index (χ1n) is 6.53. The molecule has 94 valence electrons. The van der Waals surface area contributed by atoms with Crippen LogP contribution < -0.4 is 5.32 Å². The fraction of sp³-hybridized carbons (Fsp3) is 0.533. The molecule has 0 radical (unpaired) electrons. The van der Waals surface area contributed by atoms with Gasteiger partial charge >= 0.3 is 0 Å². The van der Waals surface area contributed by atoms with E-state index in [9.17, 15) is 4.79 Å². The Hall–Kier alpha value is -1.31. The van der Waals surface area contributed by atoms with Gasteiger partial charge in [0.25, 0.3) is 5.91 Å². The standard InChI is InChI=1S/C15H23NO/c1-13(2)9-5-4-8-12-16-15(17)14-10-6-3-7-11-14/h3,6-7,10-11,13H,4-5,8-9,12H2,1-2H3,(H,16,17). The molecule has 0 atom stereocenters. The summed E-state index contributed by atoms with van der Waals surface area (Å²) in [5.74, 6) is 0.823. The van der Waals surface area contributed by atoms with Crippen LogP contribution in [0.3, 0.4) is 0 Å². The Morgan fingerprint density at radius 3 is 2.47 bits per heavy atom. The van der Waals surface area contributed by atoms with E-state index in [4.69, 9.17) is 0 Å². The van der Waals surface area contributed by atoms with Crippen molar-refractivity contribution in [1.29, 1.82) is 0 Å². The molecule has 1 aromatic rings. The first kappa shape index (κ1) is 13.8. The molecule has 17 heavy (non-hydrogen) atoms. The van der Waals surface area contributed by atoms with E-state index in [-0.39, 0.29) is 5.91 Å². The maximum absolute atomic E-state index is 11.7. The molecule has 0 bridgehead atoms. The molecule has 1 N–H and O–H groups in total. The van der Waals surface area contributed by atoms with E-state index in [1.807, 2.05) is 30.3 Å². The van der Waals surface area contributed by atoms with Gasteiger partial charge in [0.1, 0.15) is 0 Å². The summed E-state index contributed by atoms with van der Waals surface area (Å²) in [6.07, 6.45) is 4.82. The molecule has 0 aliphatic rings. The second-order valence-corrected chi connectivity index (χ2v) is 4.87. The van der Waals surface area contributed by atoms with Gasteiger partial charge < -0.3 is 5.32 Å². The van der Waals surface area contributed by atoms with Gasteiger partial charge in [0.05, 0.1) is 0 Å². The van der Waals surface area contributed by atoms with E-state index in [0.29, 0.717) is 0 Å². The lowest BCUT2D eigenvalue weighted by Gasteiger charge is -2.06. The van der Waals surface area contributed by atoms with Crippen molar-refractivity contribution < 1.29 is 4.79 Å². The molecule has 2 heteroatoms. The summed E-state index contributed by atoms with van der Waals surface area (Å²) in [6.45, 7) is 5.28. The largest absolute Gasteiger partial charge is 0.352 e. The van der Waals surface area contributed by atoms with Gasteiger partial charge in [-0.1, -0.05) is 51.3 Å². The minimum Gasteiger partial charge on any atom is -0.352 e. The third-order valence-corrected chi connectivity index (χ3v) is 2.78.